The molecular weight excluding hydrogens is 376 g/mol. The van der Waals surface area contributed by atoms with Crippen molar-refractivity contribution < 1.29 is 19.7 Å². The first-order valence-electron chi connectivity index (χ1n) is 9.75. The number of halogens is 1. The van der Waals surface area contributed by atoms with Gasteiger partial charge in [-0.3, -0.25) is 4.79 Å². The van der Waals surface area contributed by atoms with Crippen molar-refractivity contribution in [3.63, 3.8) is 0 Å². The van der Waals surface area contributed by atoms with Gasteiger partial charge in [-0.2, -0.15) is 0 Å². The molecule has 0 saturated carbocycles. The lowest BCUT2D eigenvalue weighted by atomic mass is 9.84. The summed E-state index contributed by atoms with van der Waals surface area (Å²) in [7, 11) is 0. The number of aliphatic hydroxyl groups excluding tert-OH is 1. The number of hydrogen-bond acceptors (Lipinski definition) is 4. The first-order valence-corrected chi connectivity index (χ1v) is 10.1. The first-order chi connectivity index (χ1) is 13.1. The minimum absolute atomic E-state index is 0.115. The van der Waals surface area contributed by atoms with Gasteiger partial charge >= 0.3 is 0 Å². The molecule has 2 rings (SSSR count). The Labute approximate surface area is 172 Å². The van der Waals surface area contributed by atoms with E-state index in [2.05, 4.69) is 32.9 Å². The number of carbonyl (C=O) groups excluding carboxylic acids is 1. The molecule has 28 heavy (non-hydrogen) atoms. The van der Waals surface area contributed by atoms with Gasteiger partial charge in [0.15, 0.2) is 6.29 Å². The van der Waals surface area contributed by atoms with E-state index in [0.29, 0.717) is 35.1 Å². The Hall–Kier alpha value is -1.78. The Morgan fingerprint density at radius 2 is 1.96 bits per heavy atom. The fourth-order valence-electron chi connectivity index (χ4n) is 3.54. The van der Waals surface area contributed by atoms with Crippen molar-refractivity contribution in [2.24, 2.45) is 0 Å². The van der Waals surface area contributed by atoms with E-state index < -0.39 is 11.7 Å². The number of ether oxygens (including phenoxy) is 1. The molecule has 0 saturated heterocycles. The van der Waals surface area contributed by atoms with Gasteiger partial charge in [0.05, 0.1) is 16.7 Å². The summed E-state index contributed by atoms with van der Waals surface area (Å²) in [5.74, 6) is 0.224. The lowest BCUT2D eigenvalue weighted by molar-refractivity contribution is -0.0595. The number of hydrogen-bond donors (Lipinski definition) is 2. The molecule has 0 fully saturated rings. The van der Waals surface area contributed by atoms with Gasteiger partial charge in [0.25, 0.3) is 0 Å². The molecule has 2 atom stereocenters. The highest BCUT2D eigenvalue weighted by atomic mass is 35.5. The average molecular weight is 407 g/mol. The molecule has 1 aromatic carbocycles. The molecule has 1 aromatic rings. The van der Waals surface area contributed by atoms with Gasteiger partial charge in [-0.15, -0.1) is 0 Å². The Kier molecular flexibility index (Phi) is 7.35. The van der Waals surface area contributed by atoms with Crippen LogP contribution >= 0.6 is 11.6 Å². The van der Waals surface area contributed by atoms with Crippen LogP contribution < -0.4 is 4.74 Å². The number of aldehydes is 1. The molecule has 154 valence electrons. The van der Waals surface area contributed by atoms with E-state index in [1.165, 1.54) is 11.1 Å². The smallest absolute Gasteiger partial charge is 0.154 e. The van der Waals surface area contributed by atoms with Crippen molar-refractivity contribution >= 4 is 17.9 Å². The number of fused-ring (bicyclic) bond motifs is 1. The monoisotopic (exact) mass is 406 g/mol. The van der Waals surface area contributed by atoms with Crippen LogP contribution in [0.4, 0.5) is 0 Å². The van der Waals surface area contributed by atoms with Crippen LogP contribution in [0, 0.1) is 6.92 Å². The maximum Gasteiger partial charge on any atom is 0.154 e. The molecule has 0 bridgehead atoms. The minimum Gasteiger partial charge on any atom is -0.506 e. The zero-order valence-electron chi connectivity index (χ0n) is 17.4. The van der Waals surface area contributed by atoms with Gasteiger partial charge in [0.2, 0.25) is 0 Å². The fourth-order valence-corrected chi connectivity index (χ4v) is 3.76. The lowest BCUT2D eigenvalue weighted by Crippen LogP contribution is -2.49. The van der Waals surface area contributed by atoms with Crippen LogP contribution in [-0.2, 0) is 6.42 Å². The molecule has 1 aliphatic heterocycles. The molecule has 0 aliphatic carbocycles. The number of benzene rings is 1. The number of rotatable bonds is 7. The van der Waals surface area contributed by atoms with E-state index >= 15 is 0 Å². The Morgan fingerprint density at radius 1 is 1.29 bits per heavy atom. The number of allylic oxidation sites excluding steroid dienone is 4. The van der Waals surface area contributed by atoms with E-state index in [1.54, 1.807) is 6.92 Å². The topological polar surface area (TPSA) is 66.8 Å². The van der Waals surface area contributed by atoms with E-state index in [1.807, 2.05) is 6.92 Å². The largest absolute Gasteiger partial charge is 0.506 e. The van der Waals surface area contributed by atoms with E-state index in [-0.39, 0.29) is 17.2 Å². The zero-order chi connectivity index (χ0) is 21.1. The summed E-state index contributed by atoms with van der Waals surface area (Å²) in [6, 6.07) is 0. The molecular formula is C23H31ClO4. The number of phenolic OH excluding ortho intramolecular Hbond substituents is 1. The van der Waals surface area contributed by atoms with Crippen molar-refractivity contribution in [1.29, 1.82) is 0 Å². The fraction of sp³-hybridized carbons (Fsp3) is 0.522. The normalized spacial score (nSPS) is 21.7. The van der Waals surface area contributed by atoms with Crippen LogP contribution in [-0.4, -0.2) is 28.2 Å². The standard InChI is InChI=1S/C23H31ClO4/c1-14(2)8-6-9-15(3)10-7-11-23(5)19(26)12-17-21(27)20(24)16(4)18(13-25)22(17)28-23/h8,10,13,19,26-27H,6-7,9,11-12H2,1-5H3/b15-10+/t19-,23+/m0/s1. The predicted molar refractivity (Wildman–Crippen MR) is 114 cm³/mol. The number of aromatic hydroxyl groups is 1. The van der Waals surface area contributed by atoms with E-state index in [9.17, 15) is 15.0 Å². The van der Waals surface area contributed by atoms with Crippen LogP contribution in [0.25, 0.3) is 0 Å². The van der Waals surface area contributed by atoms with Crippen LogP contribution in [0.5, 0.6) is 11.5 Å². The second-order valence-electron chi connectivity index (χ2n) is 8.17. The quantitative estimate of drug-likeness (QED) is 0.450. The van der Waals surface area contributed by atoms with Crippen LogP contribution in [0.2, 0.25) is 5.02 Å². The number of aliphatic hydroxyl groups is 1. The van der Waals surface area contributed by atoms with Gasteiger partial charge in [-0.05, 0) is 65.9 Å². The number of phenols is 1. The second-order valence-corrected chi connectivity index (χ2v) is 8.55. The summed E-state index contributed by atoms with van der Waals surface area (Å²) in [5, 5.41) is 21.2. The third-order valence-electron chi connectivity index (χ3n) is 5.53. The molecule has 0 amide bonds. The molecule has 4 nitrogen and oxygen atoms in total. The van der Waals surface area contributed by atoms with Crippen molar-refractivity contribution in [3.8, 4) is 11.5 Å². The van der Waals surface area contributed by atoms with Crippen molar-refractivity contribution in [1.82, 2.24) is 0 Å². The molecule has 0 radical (unpaired) electrons. The molecule has 2 N–H and O–H groups in total. The zero-order valence-corrected chi connectivity index (χ0v) is 18.2. The van der Waals surface area contributed by atoms with Gasteiger partial charge in [-0.25, -0.2) is 0 Å². The highest BCUT2D eigenvalue weighted by Gasteiger charge is 2.42. The Balaban J connectivity index is 2.18. The van der Waals surface area contributed by atoms with Gasteiger partial charge < -0.3 is 14.9 Å². The molecule has 1 aliphatic rings. The summed E-state index contributed by atoms with van der Waals surface area (Å²) in [6.07, 6.45) is 7.90. The third kappa shape index (κ3) is 4.79. The Bertz CT molecular complexity index is 806. The van der Waals surface area contributed by atoms with E-state index in [4.69, 9.17) is 16.3 Å². The van der Waals surface area contributed by atoms with Crippen LogP contribution in [0.1, 0.15) is 74.9 Å². The van der Waals surface area contributed by atoms with Crippen molar-refractivity contribution in [2.75, 3.05) is 0 Å². The average Bonchev–Trinajstić information content (AvgIpc) is 2.62. The molecule has 0 unspecified atom stereocenters. The summed E-state index contributed by atoms with van der Waals surface area (Å²) < 4.78 is 6.13. The highest BCUT2D eigenvalue weighted by molar-refractivity contribution is 6.33. The molecule has 5 heteroatoms. The molecule has 0 spiro atoms. The highest BCUT2D eigenvalue weighted by Crippen LogP contribution is 2.46. The van der Waals surface area contributed by atoms with Crippen molar-refractivity contribution in [2.45, 2.75) is 78.4 Å². The summed E-state index contributed by atoms with van der Waals surface area (Å²) >= 11 is 6.14. The minimum atomic E-state index is -0.839. The third-order valence-corrected chi connectivity index (χ3v) is 5.99. The van der Waals surface area contributed by atoms with Crippen LogP contribution in [0.3, 0.4) is 0 Å². The van der Waals surface area contributed by atoms with E-state index in [0.717, 1.165) is 19.3 Å². The predicted octanol–water partition coefficient (Wildman–Crippen LogP) is 5.69. The SMILES string of the molecule is CC(C)=CCC/C(C)=C/CC[C@@]1(C)Oc2c(C=O)c(C)c(Cl)c(O)c2C[C@@H]1O. The Morgan fingerprint density at radius 3 is 2.57 bits per heavy atom. The maximum absolute atomic E-state index is 11.6. The lowest BCUT2D eigenvalue weighted by Gasteiger charge is -2.41. The summed E-state index contributed by atoms with van der Waals surface area (Å²) in [5.41, 5.74) is 3.01. The maximum atomic E-state index is 11.6. The second kappa shape index (κ2) is 9.15. The summed E-state index contributed by atoms with van der Waals surface area (Å²) in [4.78, 5) is 11.6. The van der Waals surface area contributed by atoms with Crippen LogP contribution in [0.15, 0.2) is 23.3 Å². The van der Waals surface area contributed by atoms with Gasteiger partial charge in [-0.1, -0.05) is 34.9 Å². The number of carbonyl (C=O) groups is 1. The van der Waals surface area contributed by atoms with Crippen molar-refractivity contribution in [3.05, 3.63) is 45.0 Å². The van der Waals surface area contributed by atoms with Gasteiger partial charge in [0, 0.05) is 12.0 Å². The molecule has 1 heterocycles. The summed E-state index contributed by atoms with van der Waals surface area (Å²) in [6.45, 7) is 9.83. The van der Waals surface area contributed by atoms with Gasteiger partial charge in [0.1, 0.15) is 17.1 Å². The first kappa shape index (κ1) is 22.5. The molecule has 0 aromatic heterocycles.